The van der Waals surface area contributed by atoms with Gasteiger partial charge in [0.15, 0.2) is 0 Å². The van der Waals surface area contributed by atoms with Crippen LogP contribution in [0.1, 0.15) is 24.5 Å². The van der Waals surface area contributed by atoms with Crippen molar-refractivity contribution in [1.82, 2.24) is 4.90 Å². The van der Waals surface area contributed by atoms with Gasteiger partial charge in [-0.1, -0.05) is 19.1 Å². The van der Waals surface area contributed by atoms with Crippen molar-refractivity contribution in [3.05, 3.63) is 35.4 Å². The summed E-state index contributed by atoms with van der Waals surface area (Å²) in [5.41, 5.74) is 0.303. The highest BCUT2D eigenvalue weighted by atomic mass is 35.5. The van der Waals surface area contributed by atoms with Crippen LogP contribution < -0.4 is 0 Å². The Morgan fingerprint density at radius 1 is 1.26 bits per heavy atom. The van der Waals surface area contributed by atoms with Crippen LogP contribution >= 0.6 is 11.6 Å². The van der Waals surface area contributed by atoms with Crippen LogP contribution in [0.15, 0.2) is 24.3 Å². The number of hydrogen-bond acceptors (Lipinski definition) is 1. The van der Waals surface area contributed by atoms with Crippen LogP contribution in [-0.2, 0) is 12.7 Å². The van der Waals surface area contributed by atoms with Crippen molar-refractivity contribution >= 4 is 11.6 Å². The van der Waals surface area contributed by atoms with Crippen molar-refractivity contribution in [3.63, 3.8) is 0 Å². The summed E-state index contributed by atoms with van der Waals surface area (Å²) in [6.07, 6.45) is -3.17. The van der Waals surface area contributed by atoms with Gasteiger partial charge in [0, 0.05) is 18.5 Å². The Morgan fingerprint density at radius 3 is 2.42 bits per heavy atom. The summed E-state index contributed by atoms with van der Waals surface area (Å²) in [4.78, 5) is 2.25. The Labute approximate surface area is 116 Å². The summed E-state index contributed by atoms with van der Waals surface area (Å²) >= 11 is 5.96. The van der Waals surface area contributed by atoms with Crippen molar-refractivity contribution in [2.45, 2.75) is 32.1 Å². The summed E-state index contributed by atoms with van der Waals surface area (Å²) in [6, 6.07) is 5.72. The zero-order valence-corrected chi connectivity index (χ0v) is 11.5. The van der Waals surface area contributed by atoms with Crippen molar-refractivity contribution in [2.24, 2.45) is 5.92 Å². The Kier molecular flexibility index (Phi) is 4.41. The van der Waals surface area contributed by atoms with E-state index in [1.807, 2.05) is 0 Å². The van der Waals surface area contributed by atoms with Gasteiger partial charge in [0.25, 0.3) is 0 Å². The minimum Gasteiger partial charge on any atom is -0.295 e. The third-order valence-corrected chi connectivity index (χ3v) is 4.14. The Morgan fingerprint density at radius 2 is 1.89 bits per heavy atom. The van der Waals surface area contributed by atoms with E-state index in [4.69, 9.17) is 11.6 Å². The molecule has 1 aliphatic rings. The fourth-order valence-electron chi connectivity index (χ4n) is 2.57. The monoisotopic (exact) mass is 291 g/mol. The molecule has 2 atom stereocenters. The molecule has 5 heteroatoms. The van der Waals surface area contributed by atoms with Gasteiger partial charge >= 0.3 is 6.18 Å². The normalized spacial score (nSPS) is 24.9. The molecule has 1 nitrogen and oxygen atoms in total. The molecule has 0 amide bonds. The molecule has 1 heterocycles. The second-order valence-corrected chi connectivity index (χ2v) is 5.46. The minimum atomic E-state index is -4.26. The van der Waals surface area contributed by atoms with E-state index in [0.29, 0.717) is 24.4 Å². The SMILES string of the molecule is CC1CCN(Cc2ccc(C(F)(F)F)cc2)C1CCl. The first kappa shape index (κ1) is 14.7. The highest BCUT2D eigenvalue weighted by Gasteiger charge is 2.31. The lowest BCUT2D eigenvalue weighted by Gasteiger charge is -2.25. The second-order valence-electron chi connectivity index (χ2n) is 5.15. The molecule has 19 heavy (non-hydrogen) atoms. The fraction of sp³-hybridized carbons (Fsp3) is 0.571. The molecule has 1 aromatic carbocycles. The van der Waals surface area contributed by atoms with Crippen LogP contribution in [0.5, 0.6) is 0 Å². The van der Waals surface area contributed by atoms with Crippen molar-refractivity contribution < 1.29 is 13.2 Å². The lowest BCUT2D eigenvalue weighted by Crippen LogP contribution is -2.33. The number of hydrogen-bond donors (Lipinski definition) is 0. The third kappa shape index (κ3) is 3.42. The average molecular weight is 292 g/mol. The van der Waals surface area contributed by atoms with Gasteiger partial charge in [0.1, 0.15) is 0 Å². The zero-order valence-electron chi connectivity index (χ0n) is 10.8. The van der Waals surface area contributed by atoms with Crippen LogP contribution in [-0.4, -0.2) is 23.4 Å². The highest BCUT2D eigenvalue weighted by molar-refractivity contribution is 6.18. The summed E-state index contributed by atoms with van der Waals surface area (Å²) in [5, 5.41) is 0. The maximum absolute atomic E-state index is 12.5. The van der Waals surface area contributed by atoms with Crippen LogP contribution in [0.25, 0.3) is 0 Å². The predicted molar refractivity (Wildman–Crippen MR) is 70.1 cm³/mol. The van der Waals surface area contributed by atoms with Gasteiger partial charge in [-0.15, -0.1) is 11.6 Å². The van der Waals surface area contributed by atoms with Gasteiger partial charge in [0.2, 0.25) is 0 Å². The van der Waals surface area contributed by atoms with E-state index >= 15 is 0 Å². The van der Waals surface area contributed by atoms with Crippen LogP contribution in [0, 0.1) is 5.92 Å². The van der Waals surface area contributed by atoms with Gasteiger partial charge < -0.3 is 0 Å². The standard InChI is InChI=1S/C14H17ClF3N/c1-10-6-7-19(13(10)8-15)9-11-2-4-12(5-3-11)14(16,17)18/h2-5,10,13H,6-9H2,1H3. The summed E-state index contributed by atoms with van der Waals surface area (Å²) in [5.74, 6) is 1.12. The van der Waals surface area contributed by atoms with E-state index in [0.717, 1.165) is 30.7 Å². The molecule has 0 saturated carbocycles. The van der Waals surface area contributed by atoms with E-state index in [1.165, 1.54) is 0 Å². The van der Waals surface area contributed by atoms with E-state index in [1.54, 1.807) is 12.1 Å². The fourth-order valence-corrected chi connectivity index (χ4v) is 3.07. The largest absolute Gasteiger partial charge is 0.416 e. The Balaban J connectivity index is 2.04. The van der Waals surface area contributed by atoms with Crippen molar-refractivity contribution in [3.8, 4) is 0 Å². The van der Waals surface area contributed by atoms with E-state index in [9.17, 15) is 13.2 Å². The first-order valence-electron chi connectivity index (χ1n) is 6.38. The number of benzene rings is 1. The summed E-state index contributed by atoms with van der Waals surface area (Å²) < 4.78 is 37.4. The molecule has 1 saturated heterocycles. The molecule has 0 radical (unpaired) electrons. The quantitative estimate of drug-likeness (QED) is 0.756. The minimum absolute atomic E-state index is 0.323. The van der Waals surface area contributed by atoms with Crippen LogP contribution in [0.2, 0.25) is 0 Å². The molecule has 106 valence electrons. The molecule has 0 aliphatic carbocycles. The number of halogens is 4. The van der Waals surface area contributed by atoms with E-state index in [-0.39, 0.29) is 0 Å². The van der Waals surface area contributed by atoms with Crippen LogP contribution in [0.4, 0.5) is 13.2 Å². The number of rotatable bonds is 3. The lowest BCUT2D eigenvalue weighted by molar-refractivity contribution is -0.137. The zero-order chi connectivity index (χ0) is 14.0. The number of alkyl halides is 4. The molecule has 0 spiro atoms. The van der Waals surface area contributed by atoms with Gasteiger partial charge in [0.05, 0.1) is 5.56 Å². The molecule has 0 bridgehead atoms. The van der Waals surface area contributed by atoms with Gasteiger partial charge in [-0.3, -0.25) is 4.90 Å². The first-order valence-corrected chi connectivity index (χ1v) is 6.91. The molecule has 2 rings (SSSR count). The summed E-state index contributed by atoms with van der Waals surface area (Å²) in [7, 11) is 0. The summed E-state index contributed by atoms with van der Waals surface area (Å²) in [6.45, 7) is 3.79. The number of likely N-dealkylation sites (tertiary alicyclic amines) is 1. The topological polar surface area (TPSA) is 3.24 Å². The molecule has 1 aromatic rings. The Bertz CT molecular complexity index is 416. The highest BCUT2D eigenvalue weighted by Crippen LogP contribution is 2.30. The molecular formula is C14H17ClF3N. The van der Waals surface area contributed by atoms with Gasteiger partial charge in [-0.05, 0) is 36.6 Å². The molecular weight excluding hydrogens is 275 g/mol. The number of nitrogens with zero attached hydrogens (tertiary/aromatic N) is 1. The smallest absolute Gasteiger partial charge is 0.295 e. The lowest BCUT2D eigenvalue weighted by atomic mass is 10.0. The van der Waals surface area contributed by atoms with Crippen molar-refractivity contribution in [2.75, 3.05) is 12.4 Å². The predicted octanol–water partition coefficient (Wildman–Crippen LogP) is 4.15. The molecule has 0 N–H and O–H groups in total. The maximum atomic E-state index is 12.5. The Hall–Kier alpha value is -0.740. The van der Waals surface area contributed by atoms with E-state index < -0.39 is 11.7 Å². The molecule has 2 unspecified atom stereocenters. The van der Waals surface area contributed by atoms with Gasteiger partial charge in [-0.2, -0.15) is 13.2 Å². The molecule has 1 aliphatic heterocycles. The maximum Gasteiger partial charge on any atom is 0.416 e. The van der Waals surface area contributed by atoms with Crippen LogP contribution in [0.3, 0.4) is 0 Å². The molecule has 0 aromatic heterocycles. The first-order chi connectivity index (χ1) is 8.91. The second kappa shape index (κ2) is 5.71. The average Bonchev–Trinajstić information content (AvgIpc) is 2.69. The third-order valence-electron chi connectivity index (χ3n) is 3.82. The van der Waals surface area contributed by atoms with Gasteiger partial charge in [-0.25, -0.2) is 0 Å². The van der Waals surface area contributed by atoms with E-state index in [2.05, 4.69) is 11.8 Å². The van der Waals surface area contributed by atoms with Crippen molar-refractivity contribution in [1.29, 1.82) is 0 Å². The molecule has 1 fully saturated rings.